The number of nitrogens with zero attached hydrogens (tertiary/aromatic N) is 1. The van der Waals surface area contributed by atoms with E-state index in [1.54, 1.807) is 7.11 Å². The second kappa shape index (κ2) is 9.57. The lowest BCUT2D eigenvalue weighted by molar-refractivity contribution is 0.307. The quantitative estimate of drug-likeness (QED) is 0.327. The molecule has 148 valence electrons. The highest BCUT2D eigenvalue weighted by atomic mass is 16.5. The minimum atomic E-state index is 0.486. The first-order chi connectivity index (χ1) is 14.8. The first-order valence-electron chi connectivity index (χ1n) is 9.87. The maximum atomic E-state index is 6.33. The van der Waals surface area contributed by atoms with Crippen LogP contribution in [0.3, 0.4) is 0 Å². The Morgan fingerprint density at radius 3 is 2.20 bits per heavy atom. The third-order valence-electron chi connectivity index (χ3n) is 4.78. The van der Waals surface area contributed by atoms with E-state index in [2.05, 4.69) is 35.3 Å². The summed E-state index contributed by atoms with van der Waals surface area (Å²) in [5.41, 5.74) is 4.95. The Bertz CT molecular complexity index is 1120. The van der Waals surface area contributed by atoms with E-state index in [1.165, 1.54) is 0 Å². The molecule has 0 heterocycles. The lowest BCUT2D eigenvalue weighted by Crippen LogP contribution is -2.00. The molecule has 0 aliphatic heterocycles. The predicted octanol–water partition coefficient (Wildman–Crippen LogP) is 6.69. The first-order valence-corrected chi connectivity index (χ1v) is 9.87. The Hall–Kier alpha value is -3.85. The molecule has 4 aromatic carbocycles. The molecule has 0 fully saturated rings. The Kier molecular flexibility index (Phi) is 6.21. The molecule has 4 aromatic rings. The molecule has 0 radical (unpaired) electrons. The van der Waals surface area contributed by atoms with Crippen LogP contribution in [0.25, 0.3) is 11.1 Å². The van der Waals surface area contributed by atoms with Gasteiger partial charge in [0.05, 0.1) is 7.11 Å². The van der Waals surface area contributed by atoms with Gasteiger partial charge in [0.2, 0.25) is 0 Å². The fourth-order valence-electron chi connectivity index (χ4n) is 3.27. The van der Waals surface area contributed by atoms with Crippen LogP contribution < -0.4 is 9.47 Å². The van der Waals surface area contributed by atoms with Gasteiger partial charge in [-0.1, -0.05) is 84.9 Å². The van der Waals surface area contributed by atoms with E-state index in [1.807, 2.05) is 79.0 Å². The van der Waals surface area contributed by atoms with Gasteiger partial charge in [0.15, 0.2) is 0 Å². The predicted molar refractivity (Wildman–Crippen MR) is 123 cm³/mol. The smallest absolute Gasteiger partial charge is 0.144 e. The summed E-state index contributed by atoms with van der Waals surface area (Å²) in [6.07, 6.45) is 1.84. The van der Waals surface area contributed by atoms with Crippen molar-refractivity contribution in [2.45, 2.75) is 6.61 Å². The summed E-state index contributed by atoms with van der Waals surface area (Å²) < 4.78 is 11.7. The Balaban J connectivity index is 1.72. The highest BCUT2D eigenvalue weighted by Crippen LogP contribution is 2.34. The zero-order chi connectivity index (χ0) is 20.6. The van der Waals surface area contributed by atoms with Gasteiger partial charge in [0.25, 0.3) is 0 Å². The summed E-state index contributed by atoms with van der Waals surface area (Å²) in [5.74, 6) is 1.55. The average Bonchev–Trinajstić information content (AvgIpc) is 2.83. The van der Waals surface area contributed by atoms with Crippen molar-refractivity contribution in [3.63, 3.8) is 0 Å². The van der Waals surface area contributed by atoms with Crippen molar-refractivity contribution >= 4 is 11.9 Å². The van der Waals surface area contributed by atoms with Crippen LogP contribution in [0.5, 0.6) is 11.5 Å². The molecule has 0 saturated heterocycles. The molecule has 3 heteroatoms. The maximum absolute atomic E-state index is 6.33. The van der Waals surface area contributed by atoms with Gasteiger partial charge in [0, 0.05) is 17.3 Å². The van der Waals surface area contributed by atoms with Crippen molar-refractivity contribution in [2.24, 2.45) is 4.99 Å². The van der Waals surface area contributed by atoms with E-state index in [0.29, 0.717) is 6.61 Å². The summed E-state index contributed by atoms with van der Waals surface area (Å²) in [4.78, 5) is 4.67. The van der Waals surface area contributed by atoms with Crippen molar-refractivity contribution in [1.82, 2.24) is 0 Å². The van der Waals surface area contributed by atoms with Gasteiger partial charge < -0.3 is 9.47 Å². The molecule has 0 unspecified atom stereocenters. The highest BCUT2D eigenvalue weighted by Gasteiger charge is 2.11. The van der Waals surface area contributed by atoms with Crippen LogP contribution in [-0.2, 0) is 6.61 Å². The normalized spacial score (nSPS) is 10.8. The van der Waals surface area contributed by atoms with E-state index >= 15 is 0 Å². The number of ether oxygens (including phenoxy) is 2. The monoisotopic (exact) mass is 393 g/mol. The zero-order valence-electron chi connectivity index (χ0n) is 16.9. The van der Waals surface area contributed by atoms with Gasteiger partial charge in [-0.3, -0.25) is 4.99 Å². The molecule has 30 heavy (non-hydrogen) atoms. The Morgan fingerprint density at radius 2 is 1.43 bits per heavy atom. The fourth-order valence-corrected chi connectivity index (χ4v) is 3.27. The zero-order valence-corrected chi connectivity index (χ0v) is 16.9. The van der Waals surface area contributed by atoms with E-state index in [-0.39, 0.29) is 0 Å². The van der Waals surface area contributed by atoms with Crippen LogP contribution in [0.15, 0.2) is 108 Å². The minimum absolute atomic E-state index is 0.486. The van der Waals surface area contributed by atoms with Crippen LogP contribution in [0.1, 0.15) is 11.1 Å². The summed E-state index contributed by atoms with van der Waals surface area (Å²) in [5, 5.41) is 0. The molecule has 0 atom stereocenters. The van der Waals surface area contributed by atoms with Crippen LogP contribution in [0.4, 0.5) is 5.69 Å². The van der Waals surface area contributed by atoms with Gasteiger partial charge in [-0.2, -0.15) is 0 Å². The van der Waals surface area contributed by atoms with Crippen molar-refractivity contribution < 1.29 is 9.47 Å². The molecule has 4 rings (SSSR count). The lowest BCUT2D eigenvalue weighted by Gasteiger charge is -2.15. The van der Waals surface area contributed by atoms with Gasteiger partial charge in [-0.05, 0) is 29.3 Å². The van der Waals surface area contributed by atoms with E-state index in [9.17, 15) is 0 Å². The Labute approximate surface area is 177 Å². The van der Waals surface area contributed by atoms with Crippen molar-refractivity contribution in [2.75, 3.05) is 7.11 Å². The number of para-hydroxylation sites is 3. The minimum Gasteiger partial charge on any atom is -0.494 e. The standard InChI is InChI=1S/C27H23NO2/c1-29-26-18-9-8-17-25(26)28-19-23-15-10-16-24(22-13-6-3-7-14-22)27(23)30-20-21-11-4-2-5-12-21/h2-19H,20H2,1H3/b28-19+. The van der Waals surface area contributed by atoms with Crippen LogP contribution in [-0.4, -0.2) is 13.3 Å². The molecule has 3 nitrogen and oxygen atoms in total. The summed E-state index contributed by atoms with van der Waals surface area (Å²) >= 11 is 0. The largest absolute Gasteiger partial charge is 0.494 e. The lowest BCUT2D eigenvalue weighted by atomic mass is 10.0. The van der Waals surface area contributed by atoms with Gasteiger partial charge >= 0.3 is 0 Å². The van der Waals surface area contributed by atoms with Gasteiger partial charge in [-0.15, -0.1) is 0 Å². The first kappa shape index (κ1) is 19.5. The molecule has 0 amide bonds. The SMILES string of the molecule is COc1ccccc1/N=C/c1cccc(-c2ccccc2)c1OCc1ccccc1. The van der Waals surface area contributed by atoms with E-state index in [4.69, 9.17) is 9.47 Å². The third kappa shape index (κ3) is 4.58. The topological polar surface area (TPSA) is 30.8 Å². The van der Waals surface area contributed by atoms with Crippen LogP contribution in [0, 0.1) is 0 Å². The molecule has 0 saturated carbocycles. The highest BCUT2D eigenvalue weighted by molar-refractivity contribution is 5.90. The molecule has 0 aromatic heterocycles. The van der Waals surface area contributed by atoms with Gasteiger partial charge in [0.1, 0.15) is 23.8 Å². The average molecular weight is 393 g/mol. The van der Waals surface area contributed by atoms with Crippen LogP contribution >= 0.6 is 0 Å². The molecule has 0 N–H and O–H groups in total. The number of methoxy groups -OCH3 is 1. The van der Waals surface area contributed by atoms with Crippen molar-refractivity contribution in [3.8, 4) is 22.6 Å². The molecule has 0 aliphatic carbocycles. The van der Waals surface area contributed by atoms with Crippen LogP contribution in [0.2, 0.25) is 0 Å². The summed E-state index contributed by atoms with van der Waals surface area (Å²) in [7, 11) is 1.65. The van der Waals surface area contributed by atoms with Crippen molar-refractivity contribution in [3.05, 3.63) is 114 Å². The number of hydrogen-bond acceptors (Lipinski definition) is 3. The number of aliphatic imine (C=N–C) groups is 1. The van der Waals surface area contributed by atoms with E-state index in [0.717, 1.165) is 39.4 Å². The molecule has 0 bridgehead atoms. The fraction of sp³-hybridized carbons (Fsp3) is 0.0741. The molecular formula is C27H23NO2. The number of hydrogen-bond donors (Lipinski definition) is 0. The summed E-state index contributed by atoms with van der Waals surface area (Å²) in [6.45, 7) is 0.486. The molecular weight excluding hydrogens is 370 g/mol. The molecule has 0 spiro atoms. The number of benzene rings is 4. The summed E-state index contributed by atoms with van der Waals surface area (Å²) in [6, 6.07) is 34.3. The molecule has 0 aliphatic rings. The number of rotatable bonds is 7. The van der Waals surface area contributed by atoms with Gasteiger partial charge in [-0.25, -0.2) is 0 Å². The van der Waals surface area contributed by atoms with E-state index < -0.39 is 0 Å². The Morgan fingerprint density at radius 1 is 0.733 bits per heavy atom. The van der Waals surface area contributed by atoms with Crippen molar-refractivity contribution in [1.29, 1.82) is 0 Å². The second-order valence-corrected chi connectivity index (χ2v) is 6.79. The second-order valence-electron chi connectivity index (χ2n) is 6.79. The third-order valence-corrected chi connectivity index (χ3v) is 4.78. The maximum Gasteiger partial charge on any atom is 0.144 e.